The van der Waals surface area contributed by atoms with Gasteiger partial charge in [0, 0.05) is 24.0 Å². The molecule has 0 aliphatic heterocycles. The van der Waals surface area contributed by atoms with Crippen LogP contribution < -0.4 is 5.32 Å². The Labute approximate surface area is 110 Å². The topological polar surface area (TPSA) is 61.6 Å². The summed E-state index contributed by atoms with van der Waals surface area (Å²) in [4.78, 5) is 8.74. The minimum Gasteiger partial charge on any atom is -0.370 e. The lowest BCUT2D eigenvalue weighted by molar-refractivity contribution is 0.957. The fourth-order valence-electron chi connectivity index (χ4n) is 1.67. The van der Waals surface area contributed by atoms with E-state index in [1.807, 2.05) is 13.8 Å². The Morgan fingerprint density at radius 2 is 2.17 bits per heavy atom. The lowest BCUT2D eigenvalue weighted by atomic mass is 10.2. The number of hydrogen-bond acceptors (Lipinski definition) is 5. The molecule has 2 rings (SSSR count). The number of rotatable bonds is 4. The lowest BCUT2D eigenvalue weighted by Crippen LogP contribution is -2.07. The molecule has 18 heavy (non-hydrogen) atoms. The van der Waals surface area contributed by atoms with Crippen LogP contribution in [0, 0.1) is 25.2 Å². The van der Waals surface area contributed by atoms with Gasteiger partial charge in [-0.2, -0.15) is 5.26 Å². The predicted octanol–water partition coefficient (Wildman–Crippen LogP) is 2.68. The van der Waals surface area contributed by atoms with Gasteiger partial charge in [0.25, 0.3) is 0 Å². The number of nitriles is 1. The summed E-state index contributed by atoms with van der Waals surface area (Å²) in [6, 6.07) is 5.66. The predicted molar refractivity (Wildman–Crippen MR) is 72.7 cm³/mol. The minimum absolute atomic E-state index is 0.634. The van der Waals surface area contributed by atoms with Gasteiger partial charge in [0.05, 0.1) is 22.3 Å². The molecule has 0 saturated carbocycles. The molecule has 5 heteroatoms. The van der Waals surface area contributed by atoms with Crippen LogP contribution in [0.5, 0.6) is 0 Å². The van der Waals surface area contributed by atoms with Crippen LogP contribution in [0.4, 0.5) is 5.82 Å². The number of hydrogen-bond donors (Lipinski definition) is 1. The molecule has 0 fully saturated rings. The highest BCUT2D eigenvalue weighted by molar-refractivity contribution is 7.09. The van der Waals surface area contributed by atoms with Crippen molar-refractivity contribution in [1.29, 1.82) is 5.26 Å². The van der Waals surface area contributed by atoms with Gasteiger partial charge in [-0.1, -0.05) is 0 Å². The number of pyridine rings is 1. The van der Waals surface area contributed by atoms with Crippen LogP contribution >= 0.6 is 11.3 Å². The zero-order valence-electron chi connectivity index (χ0n) is 10.4. The number of nitrogens with one attached hydrogen (secondary N) is 1. The zero-order chi connectivity index (χ0) is 13.0. The summed E-state index contributed by atoms with van der Waals surface area (Å²) in [5.41, 5.74) is 2.58. The molecule has 0 spiro atoms. The summed E-state index contributed by atoms with van der Waals surface area (Å²) >= 11 is 1.66. The summed E-state index contributed by atoms with van der Waals surface area (Å²) in [6.07, 6.45) is 0.863. The first-order valence-corrected chi connectivity index (χ1v) is 6.59. The van der Waals surface area contributed by atoms with E-state index in [2.05, 4.69) is 26.7 Å². The van der Waals surface area contributed by atoms with Crippen LogP contribution in [0.15, 0.2) is 17.5 Å². The maximum Gasteiger partial charge on any atom is 0.127 e. The van der Waals surface area contributed by atoms with Gasteiger partial charge < -0.3 is 5.32 Å². The first-order valence-electron chi connectivity index (χ1n) is 5.71. The molecule has 4 nitrogen and oxygen atoms in total. The number of aromatic nitrogens is 2. The Hall–Kier alpha value is -1.93. The molecule has 0 atom stereocenters. The van der Waals surface area contributed by atoms with Crippen LogP contribution in [-0.2, 0) is 6.42 Å². The van der Waals surface area contributed by atoms with Crippen molar-refractivity contribution in [2.24, 2.45) is 0 Å². The molecule has 0 aliphatic carbocycles. The largest absolute Gasteiger partial charge is 0.370 e. The summed E-state index contributed by atoms with van der Waals surface area (Å²) in [6.45, 7) is 4.66. The quantitative estimate of drug-likeness (QED) is 0.916. The Kier molecular flexibility index (Phi) is 3.90. The molecule has 0 unspecified atom stereocenters. The molecular weight excluding hydrogens is 244 g/mol. The molecule has 0 aliphatic rings. The second-order valence-electron chi connectivity index (χ2n) is 4.03. The van der Waals surface area contributed by atoms with E-state index in [0.717, 1.165) is 35.2 Å². The van der Waals surface area contributed by atoms with Gasteiger partial charge in [0.2, 0.25) is 0 Å². The zero-order valence-corrected chi connectivity index (χ0v) is 11.2. The van der Waals surface area contributed by atoms with E-state index in [1.165, 1.54) is 0 Å². The highest BCUT2D eigenvalue weighted by atomic mass is 32.1. The highest BCUT2D eigenvalue weighted by Gasteiger charge is 2.01. The molecule has 1 N–H and O–H groups in total. The number of thiazole rings is 1. The summed E-state index contributed by atoms with van der Waals surface area (Å²) < 4.78 is 0. The molecule has 2 aromatic heterocycles. The fourth-order valence-corrected chi connectivity index (χ4v) is 2.31. The van der Waals surface area contributed by atoms with Crippen LogP contribution in [0.3, 0.4) is 0 Å². The Balaban J connectivity index is 1.94. The number of aryl methyl sites for hydroxylation is 2. The van der Waals surface area contributed by atoms with E-state index >= 15 is 0 Å². The Morgan fingerprint density at radius 3 is 2.83 bits per heavy atom. The van der Waals surface area contributed by atoms with Gasteiger partial charge in [0.15, 0.2) is 0 Å². The van der Waals surface area contributed by atoms with E-state index in [1.54, 1.807) is 23.5 Å². The molecule has 0 radical (unpaired) electrons. The standard InChI is InChI=1S/C13H14N4S/c1-9-5-11(7-14)6-13(16-9)15-4-3-12-8-18-10(2)17-12/h5-6,8H,3-4H2,1-2H3,(H,15,16). The summed E-state index contributed by atoms with van der Waals surface area (Å²) in [5.74, 6) is 0.749. The van der Waals surface area contributed by atoms with Crippen molar-refractivity contribution in [1.82, 2.24) is 9.97 Å². The van der Waals surface area contributed by atoms with Gasteiger partial charge in [0.1, 0.15) is 5.82 Å². The molecule has 0 amide bonds. The first-order chi connectivity index (χ1) is 8.67. The minimum atomic E-state index is 0.634. The van der Waals surface area contributed by atoms with E-state index < -0.39 is 0 Å². The van der Waals surface area contributed by atoms with E-state index in [4.69, 9.17) is 5.26 Å². The smallest absolute Gasteiger partial charge is 0.127 e. The third-order valence-corrected chi connectivity index (χ3v) is 3.26. The van der Waals surface area contributed by atoms with E-state index in [9.17, 15) is 0 Å². The molecule has 0 bridgehead atoms. The van der Waals surface area contributed by atoms with Crippen molar-refractivity contribution < 1.29 is 0 Å². The summed E-state index contributed by atoms with van der Waals surface area (Å²) in [5, 5.41) is 15.3. The second kappa shape index (κ2) is 5.61. The molecule has 2 aromatic rings. The van der Waals surface area contributed by atoms with E-state index in [-0.39, 0.29) is 0 Å². The van der Waals surface area contributed by atoms with Gasteiger partial charge in [-0.25, -0.2) is 9.97 Å². The van der Waals surface area contributed by atoms with Crippen LogP contribution in [-0.4, -0.2) is 16.5 Å². The number of anilines is 1. The van der Waals surface area contributed by atoms with Gasteiger partial charge in [-0.05, 0) is 26.0 Å². The van der Waals surface area contributed by atoms with E-state index in [0.29, 0.717) is 5.56 Å². The van der Waals surface area contributed by atoms with Crippen molar-refractivity contribution in [2.45, 2.75) is 20.3 Å². The third-order valence-electron chi connectivity index (χ3n) is 2.44. The van der Waals surface area contributed by atoms with Gasteiger partial charge >= 0.3 is 0 Å². The lowest BCUT2D eigenvalue weighted by Gasteiger charge is -2.05. The van der Waals surface area contributed by atoms with Crippen LogP contribution in [0.25, 0.3) is 0 Å². The van der Waals surface area contributed by atoms with Crippen molar-refractivity contribution in [3.63, 3.8) is 0 Å². The Bertz CT molecular complexity index is 583. The van der Waals surface area contributed by atoms with Gasteiger partial charge in [-0.15, -0.1) is 11.3 Å². The number of nitrogens with zero attached hydrogens (tertiary/aromatic N) is 3. The maximum atomic E-state index is 8.88. The monoisotopic (exact) mass is 258 g/mol. The van der Waals surface area contributed by atoms with Gasteiger partial charge in [-0.3, -0.25) is 0 Å². The molecule has 2 heterocycles. The average molecular weight is 258 g/mol. The van der Waals surface area contributed by atoms with Crippen molar-refractivity contribution in [3.8, 4) is 6.07 Å². The second-order valence-corrected chi connectivity index (χ2v) is 5.09. The molecule has 0 aromatic carbocycles. The van der Waals surface area contributed by atoms with Crippen LogP contribution in [0.2, 0.25) is 0 Å². The molecular formula is C13H14N4S. The van der Waals surface area contributed by atoms with Crippen molar-refractivity contribution in [3.05, 3.63) is 39.5 Å². The first kappa shape index (κ1) is 12.5. The van der Waals surface area contributed by atoms with Crippen molar-refractivity contribution in [2.75, 3.05) is 11.9 Å². The van der Waals surface area contributed by atoms with Crippen LogP contribution in [0.1, 0.15) is 22.0 Å². The molecule has 0 saturated heterocycles. The average Bonchev–Trinajstić information content (AvgIpc) is 2.74. The fraction of sp³-hybridized carbons (Fsp3) is 0.308. The SMILES string of the molecule is Cc1cc(C#N)cc(NCCc2csc(C)n2)n1. The normalized spacial score (nSPS) is 10.1. The summed E-state index contributed by atoms with van der Waals surface area (Å²) in [7, 11) is 0. The highest BCUT2D eigenvalue weighted by Crippen LogP contribution is 2.11. The van der Waals surface area contributed by atoms with Crippen molar-refractivity contribution >= 4 is 17.2 Å². The maximum absolute atomic E-state index is 8.88. The Morgan fingerprint density at radius 1 is 1.33 bits per heavy atom. The molecule has 92 valence electrons. The third kappa shape index (κ3) is 3.28.